The molecule has 0 aliphatic rings. The fraction of sp³-hybridized carbons (Fsp3) is 0.153. The molecule has 0 aliphatic heterocycles. The van der Waals surface area contributed by atoms with Gasteiger partial charge in [0.2, 0.25) is 0 Å². The van der Waals surface area contributed by atoms with Crippen molar-refractivity contribution in [2.24, 2.45) is 0 Å². The van der Waals surface area contributed by atoms with Crippen LogP contribution in [0.3, 0.4) is 0 Å². The lowest BCUT2D eigenvalue weighted by Crippen LogP contribution is -2.13. The van der Waals surface area contributed by atoms with Crippen LogP contribution >= 0.6 is 11.6 Å². The van der Waals surface area contributed by atoms with Crippen LogP contribution in [-0.2, 0) is 44.9 Å². The maximum Gasteiger partial charge on any atom is 0.336 e. The van der Waals surface area contributed by atoms with E-state index in [0.29, 0.717) is 61.1 Å². The molecule has 14 aromatic carbocycles. The van der Waals surface area contributed by atoms with E-state index in [1.54, 1.807) is 148 Å². The summed E-state index contributed by atoms with van der Waals surface area (Å²) in [6, 6.07) is 89.7. The number of ether oxygens (including phenoxy) is 1. The molecule has 145 heavy (non-hydrogen) atoms. The number of carbonyl (C=O) groups excluding carboxylic acids is 7. The normalized spacial score (nSPS) is 10.2. The number of aryl methyl sites for hydroxylation is 10. The van der Waals surface area contributed by atoms with Gasteiger partial charge in [0.1, 0.15) is 5.75 Å². The van der Waals surface area contributed by atoms with E-state index < -0.39 is 65.3 Å². The molecule has 740 valence electrons. The van der Waals surface area contributed by atoms with Crippen LogP contribution in [0.25, 0.3) is 0 Å². The van der Waals surface area contributed by atoms with Gasteiger partial charge < -0.3 is 50.7 Å². The average Bonchev–Trinajstić information content (AvgIpc) is 0.821. The molecule has 0 fully saturated rings. The number of benzene rings is 14. The largest absolute Gasteiger partial charge is 0.497 e. The summed E-state index contributed by atoms with van der Waals surface area (Å²) in [6.45, 7) is 11.4. The molecule has 0 bridgehead atoms. The Hall–Kier alpha value is -17.9. The van der Waals surface area contributed by atoms with Crippen molar-refractivity contribution in [2.75, 3.05) is 7.11 Å². The van der Waals surface area contributed by atoms with Crippen molar-refractivity contribution in [2.45, 2.75) is 112 Å². The first-order chi connectivity index (χ1) is 69.1. The maximum absolute atomic E-state index is 12.3. The van der Waals surface area contributed by atoms with Crippen LogP contribution < -0.4 is 4.74 Å². The first kappa shape index (κ1) is 112. The number of halogens is 1. The van der Waals surface area contributed by atoms with Gasteiger partial charge in [-0.2, -0.15) is 0 Å². The summed E-state index contributed by atoms with van der Waals surface area (Å²) in [6.07, 6.45) is 3.45. The summed E-state index contributed by atoms with van der Waals surface area (Å²) in [5.41, 5.74) is 13.5. The van der Waals surface area contributed by atoms with Crippen molar-refractivity contribution in [3.05, 3.63) is 488 Å². The Bertz CT molecular complexity index is 7000. The Kier molecular flexibility index (Phi) is 43.2. The number of hydrogen-bond acceptors (Lipinski definition) is 17. The Labute approximate surface area is 841 Å². The van der Waals surface area contributed by atoms with Crippen molar-refractivity contribution >= 4 is 106 Å². The van der Waals surface area contributed by atoms with Crippen LogP contribution in [0.1, 0.15) is 264 Å². The Morgan fingerprint density at radius 3 is 0.772 bits per heavy atom. The van der Waals surface area contributed by atoms with Gasteiger partial charge in [-0.25, -0.2) is 43.2 Å². The molecule has 0 unspecified atom stereocenters. The van der Waals surface area contributed by atoms with E-state index >= 15 is 0 Å². The number of methoxy groups -OCH3 is 1. The standard InChI is InChI=1S/2C17H14O5.C17H16O4.3C17H16O3.C16H13ClO3/c2*1-10-6-7-11(14(8-10)17(21)22)9-15(18)12-4-2-3-5-13(12)16(19)20;1-21-13-9-6-12(7-10-13)8-11-16(18)14-4-2-3-5-15(14)17(19)20;1-12-5-4-6-13(11-12)9-10-16(18)14-7-2-3-8-15(14)17(19)20;1-12-6-2-3-7-13(12)10-11-16(18)14-8-4-5-9-15(14)17(19)20;1-12-6-8-13(9-7-12)10-11-16(18)14-4-2-3-5-15(14)17(19)20;1-10-6-7-11(8-14(10)17)9-15(18)12-4-2-3-5-13(12)16(19)20/h2*2-8H,9H2,1H3,(H,19,20)(H,21,22);2-7,9-10H,8,11H2,1H3,(H,19,20);2-8,11H,9-10H2,1H3,(H,19,20);2*2-9H,10-11H2,1H3,(H,19,20);2-8H,9H2,1H3,(H,19,20). The van der Waals surface area contributed by atoms with E-state index in [1.807, 2.05) is 137 Å². The van der Waals surface area contributed by atoms with Gasteiger partial charge in [0.25, 0.3) is 0 Å². The average molecular weight is 1970 g/mol. The maximum atomic E-state index is 12.3. The lowest BCUT2D eigenvalue weighted by Gasteiger charge is -2.08. The van der Waals surface area contributed by atoms with Gasteiger partial charge in [-0.3, -0.25) is 33.6 Å². The zero-order valence-electron chi connectivity index (χ0n) is 80.2. The fourth-order valence-corrected chi connectivity index (χ4v) is 15.1. The Balaban J connectivity index is 0.000000207. The summed E-state index contributed by atoms with van der Waals surface area (Å²) in [7, 11) is 1.60. The number of Topliss-reactive ketones (excluding diaryl/α,β-unsaturated/α-hetero) is 7. The topological polar surface area (TPSA) is 464 Å². The lowest BCUT2D eigenvalue weighted by atomic mass is 9.95. The second kappa shape index (κ2) is 55.8. The number of carbonyl (C=O) groups is 16. The molecule has 0 aliphatic carbocycles. The third-order valence-electron chi connectivity index (χ3n) is 22.7. The molecule has 14 aromatic rings. The summed E-state index contributed by atoms with van der Waals surface area (Å²) < 4.78 is 5.07. The van der Waals surface area contributed by atoms with Crippen molar-refractivity contribution in [3.8, 4) is 5.75 Å². The third-order valence-corrected chi connectivity index (χ3v) is 23.1. The van der Waals surface area contributed by atoms with Crippen LogP contribution in [0.2, 0.25) is 5.02 Å². The van der Waals surface area contributed by atoms with E-state index in [9.17, 15) is 86.9 Å². The summed E-state index contributed by atoms with van der Waals surface area (Å²) in [5.74, 6) is -10.9. The molecule has 0 saturated heterocycles. The predicted molar refractivity (Wildman–Crippen MR) is 548 cm³/mol. The number of ketones is 7. The minimum Gasteiger partial charge on any atom is -0.497 e. The summed E-state index contributed by atoms with van der Waals surface area (Å²) >= 11 is 6.02. The van der Waals surface area contributed by atoms with Gasteiger partial charge in [0.15, 0.2) is 40.5 Å². The van der Waals surface area contributed by atoms with Crippen LogP contribution in [0.5, 0.6) is 5.75 Å². The lowest BCUT2D eigenvalue weighted by molar-refractivity contribution is 0.0682. The van der Waals surface area contributed by atoms with Crippen molar-refractivity contribution in [1.29, 1.82) is 0 Å². The Morgan fingerprint density at radius 1 is 0.207 bits per heavy atom. The van der Waals surface area contributed by atoms with Crippen LogP contribution in [0, 0.1) is 41.5 Å². The van der Waals surface area contributed by atoms with Crippen LogP contribution in [0.15, 0.2) is 322 Å². The number of carboxylic acid groups (broad SMARTS) is 9. The van der Waals surface area contributed by atoms with Crippen LogP contribution in [0.4, 0.5) is 0 Å². The smallest absolute Gasteiger partial charge is 0.336 e. The van der Waals surface area contributed by atoms with Gasteiger partial charge in [0.05, 0.1) is 57.2 Å². The van der Waals surface area contributed by atoms with Gasteiger partial charge in [-0.1, -0.05) is 283 Å². The van der Waals surface area contributed by atoms with Crippen molar-refractivity contribution < 1.29 is 127 Å². The van der Waals surface area contributed by atoms with E-state index in [4.69, 9.17) is 52.1 Å². The molecule has 0 heterocycles. The molecule has 27 heteroatoms. The van der Waals surface area contributed by atoms with Crippen molar-refractivity contribution in [1.82, 2.24) is 0 Å². The number of hydrogen-bond donors (Lipinski definition) is 9. The summed E-state index contributed by atoms with van der Waals surface area (Å²) in [4.78, 5) is 186. The molecular formula is C118H105ClO26. The minimum atomic E-state index is -1.19. The predicted octanol–water partition coefficient (Wildman–Crippen LogP) is 23.1. The highest BCUT2D eigenvalue weighted by Gasteiger charge is 2.26. The first-order valence-electron chi connectivity index (χ1n) is 45.3. The molecule has 0 spiro atoms. The highest BCUT2D eigenvalue weighted by Crippen LogP contribution is 2.26. The van der Waals surface area contributed by atoms with Gasteiger partial charge in [-0.05, 0) is 190 Å². The molecular weight excluding hydrogens is 1870 g/mol. The number of rotatable bonds is 35. The highest BCUT2D eigenvalue weighted by atomic mass is 35.5. The molecule has 14 rings (SSSR count). The first-order valence-corrected chi connectivity index (χ1v) is 45.7. The van der Waals surface area contributed by atoms with E-state index in [-0.39, 0.29) is 144 Å². The summed E-state index contributed by atoms with van der Waals surface area (Å²) in [5, 5.41) is 82.7. The highest BCUT2D eigenvalue weighted by molar-refractivity contribution is 6.31. The SMILES string of the molecule is COc1ccc(CCC(=O)c2ccccc2C(=O)O)cc1.Cc1ccc(CC(=O)c2ccccc2C(=O)O)c(C(=O)O)c1.Cc1ccc(CC(=O)c2ccccc2C(=O)O)c(C(=O)O)c1.Cc1ccc(CC(=O)c2ccccc2C(=O)O)cc1Cl.Cc1ccc(CCC(=O)c2ccccc2C(=O)O)cc1.Cc1cccc(CCC(=O)c2ccccc2C(=O)O)c1.Cc1ccccc1CCC(=O)c1ccccc1C(=O)O. The van der Waals surface area contributed by atoms with E-state index in [1.165, 1.54) is 90.5 Å². The van der Waals surface area contributed by atoms with Gasteiger partial charge >= 0.3 is 53.7 Å². The van der Waals surface area contributed by atoms with E-state index in [2.05, 4.69) is 0 Å². The quantitative estimate of drug-likeness (QED) is 0.0167. The second-order valence-corrected chi connectivity index (χ2v) is 33.6. The number of carboxylic acids is 9. The second-order valence-electron chi connectivity index (χ2n) is 33.2. The zero-order chi connectivity index (χ0) is 106. The Morgan fingerprint density at radius 2 is 0.469 bits per heavy atom. The zero-order valence-corrected chi connectivity index (χ0v) is 81.0. The monoisotopic (exact) mass is 1970 g/mol. The van der Waals surface area contributed by atoms with E-state index in [0.717, 1.165) is 61.4 Å². The third kappa shape index (κ3) is 34.5. The molecule has 26 nitrogen and oxygen atoms in total. The van der Waals surface area contributed by atoms with Gasteiger partial charge in [-0.15, -0.1) is 0 Å². The van der Waals surface area contributed by atoms with Crippen LogP contribution in [-0.4, -0.2) is 147 Å². The molecule has 0 radical (unpaired) electrons. The molecule has 0 saturated carbocycles. The molecule has 9 N–H and O–H groups in total. The van der Waals surface area contributed by atoms with Crippen molar-refractivity contribution in [3.63, 3.8) is 0 Å². The molecule has 0 amide bonds. The minimum absolute atomic E-state index is 0.0238. The molecule has 0 atom stereocenters. The molecule has 0 aromatic heterocycles. The fourth-order valence-electron chi connectivity index (χ4n) is 14.9. The number of aromatic carboxylic acids is 9. The van der Waals surface area contributed by atoms with Gasteiger partial charge in [0, 0.05) is 88.9 Å².